The van der Waals surface area contributed by atoms with Gasteiger partial charge in [0.2, 0.25) is 11.8 Å². The first-order valence-corrected chi connectivity index (χ1v) is 5.46. The van der Waals surface area contributed by atoms with E-state index in [0.29, 0.717) is 29.8 Å². The summed E-state index contributed by atoms with van der Waals surface area (Å²) < 4.78 is 5.22. The monoisotopic (exact) mass is 215 g/mol. The van der Waals surface area contributed by atoms with Crippen molar-refractivity contribution in [2.45, 2.75) is 25.5 Å². The zero-order chi connectivity index (χ0) is 10.4. The van der Waals surface area contributed by atoms with Crippen molar-refractivity contribution < 1.29 is 9.21 Å². The number of thioether (sulfide) groups is 1. The maximum atomic E-state index is 11.1. The van der Waals surface area contributed by atoms with Gasteiger partial charge < -0.3 is 9.73 Å². The van der Waals surface area contributed by atoms with Gasteiger partial charge in [0.25, 0.3) is 5.22 Å². The Hall–Kier alpha value is -1.04. The summed E-state index contributed by atoms with van der Waals surface area (Å²) in [4.78, 5) is 11.1. The van der Waals surface area contributed by atoms with Crippen molar-refractivity contribution in [2.75, 3.05) is 12.3 Å². The minimum absolute atomic E-state index is 0.0197. The molecule has 0 saturated carbocycles. The standard InChI is InChI=1S/C8H13N3O2S/c1-3-7-10-11-8(13-7)14-5-6(12)9-4-2/h3-5H2,1-2H3,(H,9,12). The Labute approximate surface area is 86.7 Å². The molecule has 0 unspecified atom stereocenters. The van der Waals surface area contributed by atoms with E-state index in [1.165, 1.54) is 11.8 Å². The fourth-order valence-electron chi connectivity index (χ4n) is 0.815. The molecule has 1 aromatic rings. The lowest BCUT2D eigenvalue weighted by Gasteiger charge is -1.97. The maximum absolute atomic E-state index is 11.1. The maximum Gasteiger partial charge on any atom is 0.277 e. The highest BCUT2D eigenvalue weighted by atomic mass is 32.2. The lowest BCUT2D eigenvalue weighted by atomic mass is 10.5. The summed E-state index contributed by atoms with van der Waals surface area (Å²) in [6, 6.07) is 0. The SMILES string of the molecule is CCNC(=O)CSc1nnc(CC)o1. The van der Waals surface area contributed by atoms with Crippen LogP contribution < -0.4 is 5.32 Å². The van der Waals surface area contributed by atoms with E-state index in [1.807, 2.05) is 13.8 Å². The minimum atomic E-state index is -0.0197. The van der Waals surface area contributed by atoms with Crippen LogP contribution in [0.2, 0.25) is 0 Å². The molecule has 0 atom stereocenters. The number of rotatable bonds is 5. The van der Waals surface area contributed by atoms with Gasteiger partial charge in [0.15, 0.2) is 0 Å². The predicted octanol–water partition coefficient (Wildman–Crippen LogP) is 0.860. The second-order valence-corrected chi connectivity index (χ2v) is 3.48. The first-order valence-electron chi connectivity index (χ1n) is 4.48. The van der Waals surface area contributed by atoms with Crippen LogP contribution in [0.25, 0.3) is 0 Å². The van der Waals surface area contributed by atoms with Gasteiger partial charge in [-0.25, -0.2) is 0 Å². The molecule has 0 aromatic carbocycles. The number of aromatic nitrogens is 2. The van der Waals surface area contributed by atoms with Gasteiger partial charge in [-0.1, -0.05) is 18.7 Å². The lowest BCUT2D eigenvalue weighted by Crippen LogP contribution is -2.24. The molecule has 0 bridgehead atoms. The summed E-state index contributed by atoms with van der Waals surface area (Å²) in [5.41, 5.74) is 0. The normalized spacial score (nSPS) is 10.1. The number of aryl methyl sites for hydroxylation is 1. The summed E-state index contributed by atoms with van der Waals surface area (Å²) in [6.45, 7) is 4.46. The summed E-state index contributed by atoms with van der Waals surface area (Å²) >= 11 is 1.25. The summed E-state index contributed by atoms with van der Waals surface area (Å²) in [5.74, 6) is 0.899. The van der Waals surface area contributed by atoms with Crippen LogP contribution in [0.15, 0.2) is 9.64 Å². The van der Waals surface area contributed by atoms with Crippen LogP contribution in [0.3, 0.4) is 0 Å². The molecule has 0 spiro atoms. The number of carbonyl (C=O) groups is 1. The van der Waals surface area contributed by atoms with Crippen LogP contribution in [-0.4, -0.2) is 28.4 Å². The molecule has 78 valence electrons. The Morgan fingerprint density at radius 1 is 1.50 bits per heavy atom. The van der Waals surface area contributed by atoms with E-state index < -0.39 is 0 Å². The summed E-state index contributed by atoms with van der Waals surface area (Å²) in [7, 11) is 0. The van der Waals surface area contributed by atoms with Crippen molar-refractivity contribution in [2.24, 2.45) is 0 Å². The van der Waals surface area contributed by atoms with Crippen molar-refractivity contribution in [3.05, 3.63) is 5.89 Å². The third-order valence-corrected chi connectivity index (χ3v) is 2.27. The van der Waals surface area contributed by atoms with Gasteiger partial charge in [0, 0.05) is 13.0 Å². The van der Waals surface area contributed by atoms with Crippen LogP contribution >= 0.6 is 11.8 Å². The number of nitrogens with one attached hydrogen (secondary N) is 1. The molecule has 0 aliphatic heterocycles. The molecule has 0 saturated heterocycles. The second kappa shape index (κ2) is 5.64. The van der Waals surface area contributed by atoms with Crippen LogP contribution in [0, 0.1) is 0 Å². The molecule has 5 nitrogen and oxygen atoms in total. The van der Waals surface area contributed by atoms with E-state index in [0.717, 1.165) is 0 Å². The Balaban J connectivity index is 2.34. The van der Waals surface area contributed by atoms with Crippen LogP contribution in [-0.2, 0) is 11.2 Å². The number of carbonyl (C=O) groups excluding carboxylic acids is 1. The van der Waals surface area contributed by atoms with E-state index in [4.69, 9.17) is 4.42 Å². The Morgan fingerprint density at radius 3 is 2.86 bits per heavy atom. The van der Waals surface area contributed by atoms with Gasteiger partial charge in [0.05, 0.1) is 5.75 Å². The molecule has 0 aliphatic carbocycles. The van der Waals surface area contributed by atoms with Crippen LogP contribution in [0.1, 0.15) is 19.7 Å². The van der Waals surface area contributed by atoms with E-state index in [9.17, 15) is 4.79 Å². The van der Waals surface area contributed by atoms with Crippen molar-refractivity contribution in [1.82, 2.24) is 15.5 Å². The Bertz CT molecular complexity index is 301. The number of amides is 1. The molecule has 1 N–H and O–H groups in total. The van der Waals surface area contributed by atoms with Crippen molar-refractivity contribution in [3.63, 3.8) is 0 Å². The highest BCUT2D eigenvalue weighted by Crippen LogP contribution is 2.15. The molecule has 1 amide bonds. The quantitative estimate of drug-likeness (QED) is 0.738. The molecule has 14 heavy (non-hydrogen) atoms. The average molecular weight is 215 g/mol. The fourth-order valence-corrected chi connectivity index (χ4v) is 1.43. The Kier molecular flexibility index (Phi) is 4.45. The van der Waals surface area contributed by atoms with Gasteiger partial charge >= 0.3 is 0 Å². The van der Waals surface area contributed by atoms with Gasteiger partial charge in [-0.15, -0.1) is 10.2 Å². The van der Waals surface area contributed by atoms with Crippen molar-refractivity contribution in [3.8, 4) is 0 Å². The number of hydrogen-bond donors (Lipinski definition) is 1. The minimum Gasteiger partial charge on any atom is -0.416 e. The third-order valence-electron chi connectivity index (χ3n) is 1.45. The zero-order valence-electron chi connectivity index (χ0n) is 8.24. The highest BCUT2D eigenvalue weighted by molar-refractivity contribution is 7.99. The van der Waals surface area contributed by atoms with E-state index in [2.05, 4.69) is 15.5 Å². The largest absolute Gasteiger partial charge is 0.416 e. The van der Waals surface area contributed by atoms with Crippen LogP contribution in [0.5, 0.6) is 0 Å². The van der Waals surface area contributed by atoms with Gasteiger partial charge in [-0.2, -0.15) is 0 Å². The Morgan fingerprint density at radius 2 is 2.29 bits per heavy atom. The van der Waals surface area contributed by atoms with Crippen LogP contribution in [0.4, 0.5) is 0 Å². The van der Waals surface area contributed by atoms with Crippen molar-refractivity contribution >= 4 is 17.7 Å². The smallest absolute Gasteiger partial charge is 0.277 e. The fraction of sp³-hybridized carbons (Fsp3) is 0.625. The number of nitrogens with zero attached hydrogens (tertiary/aromatic N) is 2. The molecule has 0 radical (unpaired) electrons. The molecule has 6 heteroatoms. The van der Waals surface area contributed by atoms with E-state index in [1.54, 1.807) is 0 Å². The van der Waals surface area contributed by atoms with E-state index >= 15 is 0 Å². The first-order chi connectivity index (χ1) is 6.76. The molecule has 1 heterocycles. The molecular weight excluding hydrogens is 202 g/mol. The zero-order valence-corrected chi connectivity index (χ0v) is 9.06. The molecule has 1 rings (SSSR count). The molecule has 0 fully saturated rings. The number of hydrogen-bond acceptors (Lipinski definition) is 5. The van der Waals surface area contributed by atoms with Crippen molar-refractivity contribution in [1.29, 1.82) is 0 Å². The molecular formula is C8H13N3O2S. The summed E-state index contributed by atoms with van der Waals surface area (Å²) in [5, 5.41) is 10.7. The third kappa shape index (κ3) is 3.37. The summed E-state index contributed by atoms with van der Waals surface area (Å²) in [6.07, 6.45) is 0.717. The van der Waals surface area contributed by atoms with E-state index in [-0.39, 0.29) is 5.91 Å². The van der Waals surface area contributed by atoms with Gasteiger partial charge in [-0.05, 0) is 6.92 Å². The highest BCUT2D eigenvalue weighted by Gasteiger charge is 2.07. The lowest BCUT2D eigenvalue weighted by molar-refractivity contribution is -0.118. The van der Waals surface area contributed by atoms with Gasteiger partial charge in [-0.3, -0.25) is 4.79 Å². The second-order valence-electron chi connectivity index (χ2n) is 2.56. The van der Waals surface area contributed by atoms with Gasteiger partial charge in [0.1, 0.15) is 0 Å². The topological polar surface area (TPSA) is 68.0 Å². The average Bonchev–Trinajstić information content (AvgIpc) is 2.63. The first kappa shape index (κ1) is 11.0. The molecule has 0 aliphatic rings. The molecule has 1 aromatic heterocycles. The predicted molar refractivity (Wildman–Crippen MR) is 53.1 cm³/mol.